The Morgan fingerprint density at radius 3 is 2.53 bits per heavy atom. The number of piperazine rings is 1. The van der Waals surface area contributed by atoms with Crippen molar-refractivity contribution in [3.8, 4) is 5.75 Å². The van der Waals surface area contributed by atoms with E-state index in [4.69, 9.17) is 4.74 Å². The van der Waals surface area contributed by atoms with Gasteiger partial charge in [-0.1, -0.05) is 6.92 Å². The van der Waals surface area contributed by atoms with Crippen LogP contribution in [0.15, 0.2) is 30.5 Å². The lowest BCUT2D eigenvalue weighted by molar-refractivity contribution is 0.0886. The minimum Gasteiger partial charge on any atom is -0.497 e. The first kappa shape index (κ1) is 21.2. The SMILES string of the molecule is CCCn1ncc(CN2CCC[C@@H](N3CCN(c4ccc(OC)cc4)CC3)C2)c1C. The molecule has 0 saturated carbocycles. The van der Waals surface area contributed by atoms with E-state index < -0.39 is 0 Å². The zero-order chi connectivity index (χ0) is 20.9. The van der Waals surface area contributed by atoms with Gasteiger partial charge in [-0.05, 0) is 57.0 Å². The Morgan fingerprint density at radius 2 is 1.83 bits per heavy atom. The first-order chi connectivity index (χ1) is 14.7. The summed E-state index contributed by atoms with van der Waals surface area (Å²) in [6, 6.07) is 9.16. The summed E-state index contributed by atoms with van der Waals surface area (Å²) in [6.07, 6.45) is 5.84. The third-order valence-electron chi connectivity index (χ3n) is 6.78. The van der Waals surface area contributed by atoms with Crippen LogP contribution < -0.4 is 9.64 Å². The third kappa shape index (κ3) is 4.81. The molecule has 6 heteroatoms. The molecule has 30 heavy (non-hydrogen) atoms. The van der Waals surface area contributed by atoms with Crippen molar-refractivity contribution in [2.45, 2.75) is 52.2 Å². The van der Waals surface area contributed by atoms with Gasteiger partial charge in [-0.25, -0.2) is 0 Å². The lowest BCUT2D eigenvalue weighted by Crippen LogP contribution is -2.55. The number of hydrogen-bond acceptors (Lipinski definition) is 5. The Bertz CT molecular complexity index is 794. The molecule has 0 bridgehead atoms. The number of rotatable bonds is 7. The van der Waals surface area contributed by atoms with Gasteiger partial charge in [-0.3, -0.25) is 14.5 Å². The van der Waals surface area contributed by atoms with Crippen LogP contribution in [0.1, 0.15) is 37.4 Å². The van der Waals surface area contributed by atoms with E-state index in [2.05, 4.69) is 68.8 Å². The predicted molar refractivity (Wildman–Crippen MR) is 122 cm³/mol. The van der Waals surface area contributed by atoms with E-state index in [0.717, 1.165) is 51.4 Å². The normalized spacial score (nSPS) is 21.2. The number of likely N-dealkylation sites (tertiary alicyclic amines) is 1. The van der Waals surface area contributed by atoms with Gasteiger partial charge in [-0.2, -0.15) is 5.10 Å². The standard InChI is InChI=1S/C24H37N5O/c1-4-11-29-20(2)21(17-25-29)18-26-12-5-6-23(19-26)28-15-13-27(14-16-28)22-7-9-24(30-3)10-8-22/h7-10,17,23H,4-6,11-16,18-19H2,1-3H3/t23-/m1/s1. The number of methoxy groups -OCH3 is 1. The van der Waals surface area contributed by atoms with Gasteiger partial charge in [0.1, 0.15) is 5.75 Å². The molecule has 0 spiro atoms. The topological polar surface area (TPSA) is 36.8 Å². The molecule has 1 atom stereocenters. The van der Waals surface area contributed by atoms with Crippen molar-refractivity contribution in [1.29, 1.82) is 0 Å². The second-order valence-corrected chi connectivity index (χ2v) is 8.73. The summed E-state index contributed by atoms with van der Waals surface area (Å²) in [7, 11) is 1.72. The average Bonchev–Trinajstić information content (AvgIpc) is 3.13. The largest absolute Gasteiger partial charge is 0.497 e. The number of anilines is 1. The van der Waals surface area contributed by atoms with E-state index in [1.165, 1.54) is 42.9 Å². The third-order valence-corrected chi connectivity index (χ3v) is 6.78. The van der Waals surface area contributed by atoms with Crippen molar-refractivity contribution in [2.75, 3.05) is 51.3 Å². The highest BCUT2D eigenvalue weighted by Crippen LogP contribution is 2.24. The number of benzene rings is 1. The Hall–Kier alpha value is -2.05. The maximum Gasteiger partial charge on any atom is 0.119 e. The summed E-state index contributed by atoms with van der Waals surface area (Å²) in [4.78, 5) is 7.87. The molecule has 2 aromatic rings. The van der Waals surface area contributed by atoms with Crippen LogP contribution in [0.25, 0.3) is 0 Å². The molecule has 1 aromatic carbocycles. The molecule has 3 heterocycles. The molecule has 0 amide bonds. The molecule has 1 aromatic heterocycles. The maximum atomic E-state index is 5.29. The number of aryl methyl sites for hydroxylation is 1. The van der Waals surface area contributed by atoms with Gasteiger partial charge in [0.05, 0.1) is 13.3 Å². The van der Waals surface area contributed by atoms with Crippen LogP contribution >= 0.6 is 0 Å². The number of piperidine rings is 1. The second kappa shape index (κ2) is 9.84. The van der Waals surface area contributed by atoms with E-state index >= 15 is 0 Å². The van der Waals surface area contributed by atoms with Crippen molar-refractivity contribution in [3.05, 3.63) is 41.7 Å². The molecule has 0 N–H and O–H groups in total. The summed E-state index contributed by atoms with van der Waals surface area (Å²) < 4.78 is 7.45. The molecule has 2 aliphatic heterocycles. The van der Waals surface area contributed by atoms with Gasteiger partial charge >= 0.3 is 0 Å². The highest BCUT2D eigenvalue weighted by molar-refractivity contribution is 5.49. The first-order valence-corrected chi connectivity index (χ1v) is 11.5. The fraction of sp³-hybridized carbons (Fsp3) is 0.625. The Labute approximate surface area is 181 Å². The van der Waals surface area contributed by atoms with Crippen LogP contribution in [0.5, 0.6) is 5.75 Å². The molecule has 0 radical (unpaired) electrons. The van der Waals surface area contributed by atoms with Crippen LogP contribution in [-0.4, -0.2) is 72.0 Å². The molecule has 6 nitrogen and oxygen atoms in total. The molecule has 4 rings (SSSR count). The monoisotopic (exact) mass is 411 g/mol. The van der Waals surface area contributed by atoms with Crippen LogP contribution in [0, 0.1) is 6.92 Å². The molecular formula is C24H37N5O. The molecule has 2 fully saturated rings. The molecule has 0 aliphatic carbocycles. The minimum atomic E-state index is 0.683. The first-order valence-electron chi connectivity index (χ1n) is 11.5. The Balaban J connectivity index is 1.30. The lowest BCUT2D eigenvalue weighted by Gasteiger charge is -2.44. The van der Waals surface area contributed by atoms with Gasteiger partial charge in [0.15, 0.2) is 0 Å². The number of hydrogen-bond donors (Lipinski definition) is 0. The fourth-order valence-electron chi connectivity index (χ4n) is 4.93. The van der Waals surface area contributed by atoms with Gasteiger partial charge in [-0.15, -0.1) is 0 Å². The number of ether oxygens (including phenoxy) is 1. The van der Waals surface area contributed by atoms with E-state index in [9.17, 15) is 0 Å². The quantitative estimate of drug-likeness (QED) is 0.698. The highest BCUT2D eigenvalue weighted by atomic mass is 16.5. The van der Waals surface area contributed by atoms with Crippen molar-refractivity contribution in [2.24, 2.45) is 0 Å². The number of nitrogens with zero attached hydrogens (tertiary/aromatic N) is 5. The van der Waals surface area contributed by atoms with E-state index in [-0.39, 0.29) is 0 Å². The average molecular weight is 412 g/mol. The van der Waals surface area contributed by atoms with Crippen molar-refractivity contribution in [3.63, 3.8) is 0 Å². The van der Waals surface area contributed by atoms with Crippen LogP contribution in [0.2, 0.25) is 0 Å². The van der Waals surface area contributed by atoms with Crippen molar-refractivity contribution in [1.82, 2.24) is 19.6 Å². The summed E-state index contributed by atoms with van der Waals surface area (Å²) in [5, 5.41) is 4.59. The molecule has 2 saturated heterocycles. The molecule has 0 unspecified atom stereocenters. The van der Waals surface area contributed by atoms with Crippen LogP contribution in [0.3, 0.4) is 0 Å². The van der Waals surface area contributed by atoms with Gasteiger partial charge in [0.2, 0.25) is 0 Å². The van der Waals surface area contributed by atoms with Crippen LogP contribution in [-0.2, 0) is 13.1 Å². The summed E-state index contributed by atoms with van der Waals surface area (Å²) in [5.41, 5.74) is 4.04. The zero-order valence-corrected chi connectivity index (χ0v) is 18.9. The smallest absolute Gasteiger partial charge is 0.119 e. The van der Waals surface area contributed by atoms with Gasteiger partial charge in [0, 0.05) is 68.8 Å². The zero-order valence-electron chi connectivity index (χ0n) is 18.9. The molecule has 164 valence electrons. The van der Waals surface area contributed by atoms with Crippen molar-refractivity contribution >= 4 is 5.69 Å². The highest BCUT2D eigenvalue weighted by Gasteiger charge is 2.28. The minimum absolute atomic E-state index is 0.683. The Morgan fingerprint density at radius 1 is 1.07 bits per heavy atom. The number of aromatic nitrogens is 2. The summed E-state index contributed by atoms with van der Waals surface area (Å²) in [6.45, 7) is 13.4. The summed E-state index contributed by atoms with van der Waals surface area (Å²) in [5.74, 6) is 0.926. The predicted octanol–water partition coefficient (Wildman–Crippen LogP) is 3.40. The second-order valence-electron chi connectivity index (χ2n) is 8.73. The van der Waals surface area contributed by atoms with E-state index in [1.807, 2.05) is 0 Å². The van der Waals surface area contributed by atoms with Crippen LogP contribution in [0.4, 0.5) is 5.69 Å². The van der Waals surface area contributed by atoms with Crippen molar-refractivity contribution < 1.29 is 4.74 Å². The summed E-state index contributed by atoms with van der Waals surface area (Å²) >= 11 is 0. The molecular weight excluding hydrogens is 374 g/mol. The lowest BCUT2D eigenvalue weighted by atomic mass is 10.0. The van der Waals surface area contributed by atoms with E-state index in [0.29, 0.717) is 6.04 Å². The van der Waals surface area contributed by atoms with E-state index in [1.54, 1.807) is 7.11 Å². The maximum absolute atomic E-state index is 5.29. The Kier molecular flexibility index (Phi) is 6.95. The molecule has 2 aliphatic rings. The van der Waals surface area contributed by atoms with Gasteiger partial charge in [0.25, 0.3) is 0 Å². The van der Waals surface area contributed by atoms with Gasteiger partial charge < -0.3 is 9.64 Å². The fourth-order valence-corrected chi connectivity index (χ4v) is 4.93.